The molecule has 0 atom stereocenters. The standard InChI is InChI=1S/C29H31N3O3S/c1-32(19-12-8-5-9-13-19)29(33)27-26(30)25-22(21-16-20(34-2)14-15-24(21)35-3)17-23(31-28(25)36-27)18-10-6-4-7-11-18/h4,6-7,10-11,14-17,19H,5,8-9,12-13,30H2,1-3H3. The number of nitrogen functional groups attached to an aromatic ring is 1. The van der Waals surface area contributed by atoms with E-state index < -0.39 is 0 Å². The molecule has 2 heterocycles. The van der Waals surface area contributed by atoms with Gasteiger partial charge in [-0.05, 0) is 37.1 Å². The first-order valence-electron chi connectivity index (χ1n) is 12.3. The van der Waals surface area contributed by atoms with Gasteiger partial charge in [-0.1, -0.05) is 49.6 Å². The van der Waals surface area contributed by atoms with Gasteiger partial charge in [0.2, 0.25) is 0 Å². The smallest absolute Gasteiger partial charge is 0.266 e. The number of benzene rings is 2. The normalized spacial score (nSPS) is 14.1. The summed E-state index contributed by atoms with van der Waals surface area (Å²) >= 11 is 1.37. The van der Waals surface area contributed by atoms with Gasteiger partial charge in [0.15, 0.2) is 0 Å². The molecule has 0 saturated heterocycles. The van der Waals surface area contributed by atoms with E-state index in [1.165, 1.54) is 17.8 Å². The van der Waals surface area contributed by atoms with Crippen molar-refractivity contribution >= 4 is 33.1 Å². The zero-order valence-corrected chi connectivity index (χ0v) is 21.7. The average Bonchev–Trinajstić information content (AvgIpc) is 3.28. The Labute approximate surface area is 215 Å². The highest BCUT2D eigenvalue weighted by molar-refractivity contribution is 7.21. The Morgan fingerprint density at radius 2 is 1.75 bits per heavy atom. The maximum Gasteiger partial charge on any atom is 0.266 e. The second kappa shape index (κ2) is 10.2. The van der Waals surface area contributed by atoms with Crippen LogP contribution in [-0.2, 0) is 0 Å². The van der Waals surface area contributed by atoms with Gasteiger partial charge < -0.3 is 20.1 Å². The van der Waals surface area contributed by atoms with Crippen LogP contribution in [0.3, 0.4) is 0 Å². The van der Waals surface area contributed by atoms with Crippen molar-refractivity contribution in [2.45, 2.75) is 38.1 Å². The molecule has 2 aromatic heterocycles. The summed E-state index contributed by atoms with van der Waals surface area (Å²) in [6.45, 7) is 0. The molecule has 0 spiro atoms. The van der Waals surface area contributed by atoms with Crippen LogP contribution >= 0.6 is 11.3 Å². The minimum absolute atomic E-state index is 0.0350. The van der Waals surface area contributed by atoms with Crippen molar-refractivity contribution in [1.82, 2.24) is 9.88 Å². The number of fused-ring (bicyclic) bond motifs is 1. The lowest BCUT2D eigenvalue weighted by atomic mass is 9.94. The summed E-state index contributed by atoms with van der Waals surface area (Å²) in [5, 5.41) is 0.770. The monoisotopic (exact) mass is 501 g/mol. The van der Waals surface area contributed by atoms with E-state index in [0.717, 1.165) is 58.3 Å². The lowest BCUT2D eigenvalue weighted by molar-refractivity contribution is 0.0702. The van der Waals surface area contributed by atoms with Gasteiger partial charge in [0, 0.05) is 35.2 Å². The molecule has 1 amide bonds. The van der Waals surface area contributed by atoms with Gasteiger partial charge in [-0.3, -0.25) is 4.79 Å². The Morgan fingerprint density at radius 3 is 2.44 bits per heavy atom. The average molecular weight is 502 g/mol. The van der Waals surface area contributed by atoms with E-state index in [4.69, 9.17) is 20.2 Å². The van der Waals surface area contributed by atoms with Crippen molar-refractivity contribution in [2.75, 3.05) is 27.0 Å². The molecule has 0 unspecified atom stereocenters. The largest absolute Gasteiger partial charge is 0.497 e. The van der Waals surface area contributed by atoms with E-state index in [1.54, 1.807) is 14.2 Å². The lowest BCUT2D eigenvalue weighted by Gasteiger charge is -2.31. The molecule has 7 heteroatoms. The first kappa shape index (κ1) is 24.1. The molecular weight excluding hydrogens is 470 g/mol. The van der Waals surface area contributed by atoms with Gasteiger partial charge in [-0.2, -0.15) is 0 Å². The van der Waals surface area contributed by atoms with Gasteiger partial charge in [0.05, 0.1) is 25.6 Å². The minimum atomic E-state index is -0.0350. The zero-order valence-electron chi connectivity index (χ0n) is 20.9. The number of ether oxygens (including phenoxy) is 2. The molecule has 1 aliphatic rings. The van der Waals surface area contributed by atoms with E-state index in [9.17, 15) is 4.79 Å². The number of carbonyl (C=O) groups excluding carboxylic acids is 1. The third kappa shape index (κ3) is 4.39. The van der Waals surface area contributed by atoms with Crippen molar-refractivity contribution in [3.8, 4) is 33.9 Å². The van der Waals surface area contributed by atoms with Crippen molar-refractivity contribution in [3.63, 3.8) is 0 Å². The topological polar surface area (TPSA) is 77.7 Å². The number of nitrogens with two attached hydrogens (primary N) is 1. The number of pyridine rings is 1. The van der Waals surface area contributed by atoms with Gasteiger partial charge in [-0.15, -0.1) is 11.3 Å². The summed E-state index contributed by atoms with van der Waals surface area (Å²) in [4.78, 5) is 21.8. The lowest BCUT2D eigenvalue weighted by Crippen LogP contribution is -2.38. The van der Waals surface area contributed by atoms with Gasteiger partial charge in [0.25, 0.3) is 5.91 Å². The molecule has 1 aliphatic carbocycles. The third-order valence-electron chi connectivity index (χ3n) is 7.10. The van der Waals surface area contributed by atoms with Crippen molar-refractivity contribution in [3.05, 3.63) is 59.5 Å². The second-order valence-electron chi connectivity index (χ2n) is 9.22. The first-order chi connectivity index (χ1) is 17.5. The van der Waals surface area contributed by atoms with E-state index in [1.807, 2.05) is 66.5 Å². The molecule has 2 N–H and O–H groups in total. The van der Waals surface area contributed by atoms with E-state index in [2.05, 4.69) is 0 Å². The number of amides is 1. The van der Waals surface area contributed by atoms with Crippen LogP contribution in [0.1, 0.15) is 41.8 Å². The molecule has 6 nitrogen and oxygen atoms in total. The van der Waals surface area contributed by atoms with E-state index in [0.29, 0.717) is 22.1 Å². The zero-order chi connectivity index (χ0) is 25.2. The van der Waals surface area contributed by atoms with Gasteiger partial charge in [-0.25, -0.2) is 4.98 Å². The van der Waals surface area contributed by atoms with Crippen LogP contribution in [0.2, 0.25) is 0 Å². The number of methoxy groups -OCH3 is 2. The van der Waals surface area contributed by atoms with Crippen LogP contribution in [0.5, 0.6) is 11.5 Å². The van der Waals surface area contributed by atoms with Crippen molar-refractivity contribution in [2.24, 2.45) is 0 Å². The Bertz CT molecular complexity index is 1390. The molecule has 0 bridgehead atoms. The summed E-state index contributed by atoms with van der Waals surface area (Å²) in [6, 6.07) is 18.0. The van der Waals surface area contributed by atoms with Crippen LogP contribution in [0, 0.1) is 0 Å². The first-order valence-corrected chi connectivity index (χ1v) is 13.1. The quantitative estimate of drug-likeness (QED) is 0.321. The van der Waals surface area contributed by atoms with E-state index >= 15 is 0 Å². The molecule has 2 aromatic carbocycles. The predicted molar refractivity (Wildman–Crippen MR) is 147 cm³/mol. The SMILES string of the molecule is COc1ccc(OC)c(-c2cc(-c3ccccc3)nc3sc(C(=O)N(C)C4CCCCC4)c(N)c23)c1. The number of nitrogens with zero attached hydrogens (tertiary/aromatic N) is 2. The molecular formula is C29H31N3O3S. The number of aromatic nitrogens is 1. The minimum Gasteiger partial charge on any atom is -0.497 e. The fourth-order valence-electron chi connectivity index (χ4n) is 5.07. The van der Waals surface area contributed by atoms with Crippen molar-refractivity contribution < 1.29 is 14.3 Å². The highest BCUT2D eigenvalue weighted by Gasteiger charge is 2.28. The Kier molecular flexibility index (Phi) is 6.83. The van der Waals surface area contributed by atoms with Crippen LogP contribution in [0.15, 0.2) is 54.6 Å². The second-order valence-corrected chi connectivity index (χ2v) is 10.2. The van der Waals surface area contributed by atoms with Crippen LogP contribution in [0.25, 0.3) is 32.6 Å². The highest BCUT2D eigenvalue weighted by Crippen LogP contribution is 2.45. The molecule has 4 aromatic rings. The molecule has 36 heavy (non-hydrogen) atoms. The summed E-state index contributed by atoms with van der Waals surface area (Å²) < 4.78 is 11.2. The molecule has 5 rings (SSSR count). The number of hydrogen-bond acceptors (Lipinski definition) is 6. The Balaban J connectivity index is 1.71. The number of hydrogen-bond donors (Lipinski definition) is 1. The van der Waals surface area contributed by atoms with Crippen LogP contribution < -0.4 is 15.2 Å². The van der Waals surface area contributed by atoms with Crippen LogP contribution in [-0.4, -0.2) is 43.1 Å². The molecule has 1 fully saturated rings. The fraction of sp³-hybridized carbons (Fsp3) is 0.310. The Hall–Kier alpha value is -3.58. The predicted octanol–water partition coefficient (Wildman–Crippen LogP) is 6.63. The molecule has 0 aliphatic heterocycles. The van der Waals surface area contributed by atoms with Crippen LogP contribution in [0.4, 0.5) is 5.69 Å². The van der Waals surface area contributed by atoms with Crippen molar-refractivity contribution in [1.29, 1.82) is 0 Å². The summed E-state index contributed by atoms with van der Waals surface area (Å²) in [5.74, 6) is 1.37. The van der Waals surface area contributed by atoms with Gasteiger partial charge in [0.1, 0.15) is 21.2 Å². The summed E-state index contributed by atoms with van der Waals surface area (Å²) in [5.41, 5.74) is 10.7. The maximum atomic E-state index is 13.6. The molecule has 1 saturated carbocycles. The molecule has 0 radical (unpaired) electrons. The summed E-state index contributed by atoms with van der Waals surface area (Å²) in [6.07, 6.45) is 5.63. The van der Waals surface area contributed by atoms with Gasteiger partial charge >= 0.3 is 0 Å². The summed E-state index contributed by atoms with van der Waals surface area (Å²) in [7, 11) is 5.18. The number of carbonyl (C=O) groups is 1. The molecule has 186 valence electrons. The maximum absolute atomic E-state index is 13.6. The highest BCUT2D eigenvalue weighted by atomic mass is 32.1. The number of rotatable bonds is 6. The number of thiophene rings is 1. The fourth-order valence-corrected chi connectivity index (χ4v) is 6.17. The van der Waals surface area contributed by atoms with E-state index in [-0.39, 0.29) is 11.9 Å². The number of anilines is 1. The third-order valence-corrected chi connectivity index (χ3v) is 8.19. The Morgan fingerprint density at radius 1 is 1.00 bits per heavy atom.